The fourth-order valence-electron chi connectivity index (χ4n) is 3.36. The first-order valence-corrected chi connectivity index (χ1v) is 10.8. The Balaban J connectivity index is 1.34. The average molecular weight is 413 g/mol. The van der Waals surface area contributed by atoms with Crippen LogP contribution in [0.2, 0.25) is 0 Å². The maximum atomic E-state index is 5.38. The molecule has 146 valence electrons. The fraction of sp³-hybridized carbons (Fsp3) is 0.350. The number of hydrogen-bond acceptors (Lipinski definition) is 6. The van der Waals surface area contributed by atoms with E-state index in [9.17, 15) is 0 Å². The highest BCUT2D eigenvalue weighted by atomic mass is 32.1. The number of anilines is 1. The number of likely N-dealkylation sites (tertiary alicyclic amines) is 1. The Bertz CT molecular complexity index is 921. The second kappa shape index (κ2) is 9.27. The number of thiocarbonyl (C=S) groups is 1. The van der Waals surface area contributed by atoms with E-state index in [0.717, 1.165) is 29.1 Å². The second-order valence-electron chi connectivity index (χ2n) is 6.82. The summed E-state index contributed by atoms with van der Waals surface area (Å²) in [4.78, 5) is 12.4. The van der Waals surface area contributed by atoms with E-state index in [4.69, 9.17) is 12.2 Å². The van der Waals surface area contributed by atoms with Crippen LogP contribution in [-0.2, 0) is 0 Å². The van der Waals surface area contributed by atoms with Gasteiger partial charge in [-0.2, -0.15) is 0 Å². The maximum Gasteiger partial charge on any atom is 0.185 e. The first kappa shape index (κ1) is 19.0. The maximum absolute atomic E-state index is 5.38. The molecule has 1 aromatic carbocycles. The van der Waals surface area contributed by atoms with E-state index in [2.05, 4.69) is 49.2 Å². The molecule has 1 fully saturated rings. The van der Waals surface area contributed by atoms with Crippen molar-refractivity contribution in [1.82, 2.24) is 25.6 Å². The molecule has 1 aliphatic heterocycles. The molecule has 1 aliphatic rings. The molecule has 4 rings (SSSR count). The lowest BCUT2D eigenvalue weighted by atomic mass is 10.1. The van der Waals surface area contributed by atoms with Crippen molar-refractivity contribution in [3.63, 3.8) is 0 Å². The number of aromatic nitrogens is 2. The van der Waals surface area contributed by atoms with Gasteiger partial charge in [0.25, 0.3) is 0 Å². The van der Waals surface area contributed by atoms with Crippen LogP contribution in [0.15, 0.2) is 42.7 Å². The number of piperidine rings is 1. The second-order valence-corrected chi connectivity index (χ2v) is 8.28. The minimum Gasteiger partial charge on any atom is -0.360 e. The summed E-state index contributed by atoms with van der Waals surface area (Å²) in [5.41, 5.74) is 8.28. The summed E-state index contributed by atoms with van der Waals surface area (Å²) in [5, 5.41) is 3.83. The first-order valence-electron chi connectivity index (χ1n) is 9.62. The van der Waals surface area contributed by atoms with Crippen LogP contribution in [0.1, 0.15) is 19.3 Å². The molecule has 3 N–H and O–H groups in total. The normalized spacial score (nSPS) is 14.7. The molecule has 2 aromatic heterocycles. The predicted octanol–water partition coefficient (Wildman–Crippen LogP) is 3.64. The Morgan fingerprint density at radius 1 is 1.11 bits per heavy atom. The van der Waals surface area contributed by atoms with Gasteiger partial charge in [0, 0.05) is 18.0 Å². The number of fused-ring (bicyclic) bond motifs is 1. The van der Waals surface area contributed by atoms with Crippen molar-refractivity contribution in [1.29, 1.82) is 0 Å². The van der Waals surface area contributed by atoms with E-state index in [1.165, 1.54) is 42.8 Å². The van der Waals surface area contributed by atoms with Gasteiger partial charge in [-0.15, -0.1) is 11.3 Å². The molecule has 6 nitrogen and oxygen atoms in total. The third-order valence-electron chi connectivity index (χ3n) is 4.83. The van der Waals surface area contributed by atoms with Gasteiger partial charge in [0.2, 0.25) is 0 Å². The largest absolute Gasteiger partial charge is 0.360 e. The van der Waals surface area contributed by atoms with Crippen molar-refractivity contribution >= 4 is 44.7 Å². The lowest BCUT2D eigenvalue weighted by Crippen LogP contribution is -2.43. The number of thiophene rings is 1. The molecule has 0 saturated carbocycles. The van der Waals surface area contributed by atoms with E-state index >= 15 is 0 Å². The number of rotatable bonds is 6. The minimum absolute atomic E-state index is 0.573. The zero-order valence-corrected chi connectivity index (χ0v) is 17.3. The van der Waals surface area contributed by atoms with Gasteiger partial charge in [0.1, 0.15) is 6.33 Å². The van der Waals surface area contributed by atoms with Crippen molar-refractivity contribution < 1.29 is 0 Å². The van der Waals surface area contributed by atoms with E-state index in [1.54, 1.807) is 17.7 Å². The Kier molecular flexibility index (Phi) is 6.31. The van der Waals surface area contributed by atoms with Gasteiger partial charge in [-0.25, -0.2) is 9.97 Å². The van der Waals surface area contributed by atoms with Crippen LogP contribution in [-0.4, -0.2) is 46.2 Å². The van der Waals surface area contributed by atoms with Crippen LogP contribution in [0, 0.1) is 0 Å². The molecule has 0 spiro atoms. The number of hydrazine groups is 1. The summed E-state index contributed by atoms with van der Waals surface area (Å²) in [7, 11) is 0. The van der Waals surface area contributed by atoms with Gasteiger partial charge in [-0.3, -0.25) is 10.9 Å². The highest BCUT2D eigenvalue weighted by Crippen LogP contribution is 2.35. The molecule has 0 atom stereocenters. The van der Waals surface area contributed by atoms with Crippen LogP contribution in [0.3, 0.4) is 0 Å². The lowest BCUT2D eigenvalue weighted by Gasteiger charge is -2.26. The number of benzene rings is 1. The summed E-state index contributed by atoms with van der Waals surface area (Å²) < 4.78 is 1.00. The molecule has 0 aliphatic carbocycles. The van der Waals surface area contributed by atoms with E-state index in [1.807, 2.05) is 18.2 Å². The highest BCUT2D eigenvalue weighted by molar-refractivity contribution is 7.80. The third kappa shape index (κ3) is 4.76. The predicted molar refractivity (Wildman–Crippen MR) is 121 cm³/mol. The van der Waals surface area contributed by atoms with Crippen LogP contribution < -0.4 is 16.2 Å². The molecular formula is C20H24N6S2. The van der Waals surface area contributed by atoms with Crippen LogP contribution >= 0.6 is 23.6 Å². The van der Waals surface area contributed by atoms with Gasteiger partial charge in [0.15, 0.2) is 10.9 Å². The van der Waals surface area contributed by atoms with Crippen molar-refractivity contribution in [2.45, 2.75) is 19.3 Å². The molecule has 0 unspecified atom stereocenters. The zero-order valence-electron chi connectivity index (χ0n) is 15.6. The molecule has 0 bridgehead atoms. The molecule has 0 radical (unpaired) electrons. The Hall–Kier alpha value is -2.29. The van der Waals surface area contributed by atoms with E-state index in [-0.39, 0.29) is 0 Å². The molecular weight excluding hydrogens is 388 g/mol. The van der Waals surface area contributed by atoms with Crippen molar-refractivity contribution in [3.05, 3.63) is 42.7 Å². The van der Waals surface area contributed by atoms with Crippen LogP contribution in [0.5, 0.6) is 0 Å². The van der Waals surface area contributed by atoms with Crippen LogP contribution in [0.4, 0.5) is 5.82 Å². The molecule has 3 aromatic rings. The molecule has 0 amide bonds. The van der Waals surface area contributed by atoms with Gasteiger partial charge >= 0.3 is 0 Å². The molecule has 8 heteroatoms. The summed E-state index contributed by atoms with van der Waals surface area (Å²) >= 11 is 7.05. The Labute approximate surface area is 174 Å². The lowest BCUT2D eigenvalue weighted by molar-refractivity contribution is 0.232. The van der Waals surface area contributed by atoms with Gasteiger partial charge in [-0.05, 0) is 49.8 Å². The van der Waals surface area contributed by atoms with Crippen molar-refractivity contribution in [2.75, 3.05) is 31.6 Å². The summed E-state index contributed by atoms with van der Waals surface area (Å²) in [6, 6.07) is 12.4. The number of nitrogens with one attached hydrogen (secondary N) is 3. The smallest absolute Gasteiger partial charge is 0.185 e. The summed E-state index contributed by atoms with van der Waals surface area (Å²) in [6.45, 7) is 4.25. The minimum atomic E-state index is 0.573. The third-order valence-corrected chi connectivity index (χ3v) is 6.25. The first-order chi connectivity index (χ1) is 13.8. The average Bonchev–Trinajstić information content (AvgIpc) is 3.19. The summed E-state index contributed by atoms with van der Waals surface area (Å²) in [5.74, 6) is 0.734. The quantitative estimate of drug-likeness (QED) is 0.422. The number of nitrogens with zero attached hydrogens (tertiary/aromatic N) is 3. The van der Waals surface area contributed by atoms with E-state index < -0.39 is 0 Å². The molecule has 1 saturated heterocycles. The van der Waals surface area contributed by atoms with Crippen molar-refractivity contribution in [2.24, 2.45) is 0 Å². The Morgan fingerprint density at radius 3 is 2.75 bits per heavy atom. The fourth-order valence-corrected chi connectivity index (χ4v) is 4.57. The summed E-state index contributed by atoms with van der Waals surface area (Å²) in [6.07, 6.45) is 5.54. The molecule has 3 heterocycles. The van der Waals surface area contributed by atoms with Gasteiger partial charge < -0.3 is 10.2 Å². The standard InChI is InChI=1S/C20H24N6S2/c27-20(21-9-12-26-10-5-2-6-11-26)25-24-19-18-16(22-14-23-19)13-17(28-18)15-7-3-1-4-8-15/h1,3-4,7-8,13-14H,2,5-6,9-12H2,(H2,21,25,27)(H,22,23,24). The van der Waals surface area contributed by atoms with E-state index in [0.29, 0.717) is 5.11 Å². The topological polar surface area (TPSA) is 65.1 Å². The number of hydrogen-bond donors (Lipinski definition) is 3. The van der Waals surface area contributed by atoms with Gasteiger partial charge in [0.05, 0.1) is 10.2 Å². The van der Waals surface area contributed by atoms with Crippen molar-refractivity contribution in [3.8, 4) is 10.4 Å². The van der Waals surface area contributed by atoms with Crippen LogP contribution in [0.25, 0.3) is 20.7 Å². The molecule has 28 heavy (non-hydrogen) atoms. The monoisotopic (exact) mass is 412 g/mol. The SMILES string of the molecule is S=C(NCCN1CCCCC1)NNc1ncnc2cc(-c3ccccc3)sc12. The highest BCUT2D eigenvalue weighted by Gasteiger charge is 2.11. The van der Waals surface area contributed by atoms with Gasteiger partial charge in [-0.1, -0.05) is 36.8 Å². The Morgan fingerprint density at radius 2 is 1.93 bits per heavy atom. The zero-order chi connectivity index (χ0) is 19.2.